The molecular formula is C15H19IN2O2. The molecule has 0 aliphatic carbocycles. The van der Waals surface area contributed by atoms with Gasteiger partial charge >= 0.3 is 0 Å². The Hall–Kier alpha value is -0.660. The van der Waals surface area contributed by atoms with Crippen LogP contribution in [0.4, 0.5) is 0 Å². The zero-order valence-corrected chi connectivity index (χ0v) is 13.6. The van der Waals surface area contributed by atoms with Gasteiger partial charge in [-0.2, -0.15) is 0 Å². The van der Waals surface area contributed by atoms with Crippen LogP contribution in [0.3, 0.4) is 0 Å². The average Bonchev–Trinajstić information content (AvgIpc) is 2.97. The zero-order valence-electron chi connectivity index (χ0n) is 11.4. The molecule has 0 spiro atoms. The maximum absolute atomic E-state index is 12.5. The average molecular weight is 386 g/mol. The van der Waals surface area contributed by atoms with Crippen LogP contribution in [0.2, 0.25) is 0 Å². The van der Waals surface area contributed by atoms with Gasteiger partial charge in [-0.15, -0.1) is 0 Å². The summed E-state index contributed by atoms with van der Waals surface area (Å²) in [6.45, 7) is 5.35. The molecule has 0 saturated carbocycles. The minimum absolute atomic E-state index is 0.166. The van der Waals surface area contributed by atoms with Crippen molar-refractivity contribution in [3.63, 3.8) is 0 Å². The Labute approximate surface area is 133 Å². The Morgan fingerprint density at radius 1 is 1.25 bits per heavy atom. The largest absolute Gasteiger partial charge is 0.379 e. The third-order valence-electron chi connectivity index (χ3n) is 4.08. The Kier molecular flexibility index (Phi) is 4.58. The highest BCUT2D eigenvalue weighted by Gasteiger charge is 2.31. The van der Waals surface area contributed by atoms with E-state index < -0.39 is 0 Å². The maximum Gasteiger partial charge on any atom is 0.253 e. The molecule has 2 fully saturated rings. The van der Waals surface area contributed by atoms with Crippen molar-refractivity contribution in [1.29, 1.82) is 0 Å². The standard InChI is InChI=1S/C15H19IN2O2/c16-13-3-1-2-12(10-13)15(19)18-5-4-14(11-18)17-6-8-20-9-7-17/h1-3,10,14H,4-9,11H2. The van der Waals surface area contributed by atoms with Crippen molar-refractivity contribution in [2.75, 3.05) is 39.4 Å². The van der Waals surface area contributed by atoms with Crippen LogP contribution >= 0.6 is 22.6 Å². The number of hydrogen-bond acceptors (Lipinski definition) is 3. The van der Waals surface area contributed by atoms with Crippen molar-refractivity contribution in [3.05, 3.63) is 33.4 Å². The lowest BCUT2D eigenvalue weighted by molar-refractivity contribution is 0.0185. The summed E-state index contributed by atoms with van der Waals surface area (Å²) in [6.07, 6.45) is 1.08. The van der Waals surface area contributed by atoms with Crippen LogP contribution in [-0.2, 0) is 4.74 Å². The first kappa shape index (κ1) is 14.3. The van der Waals surface area contributed by atoms with Gasteiger partial charge in [-0.1, -0.05) is 6.07 Å². The van der Waals surface area contributed by atoms with Crippen molar-refractivity contribution in [1.82, 2.24) is 9.80 Å². The van der Waals surface area contributed by atoms with Crippen molar-refractivity contribution < 1.29 is 9.53 Å². The van der Waals surface area contributed by atoms with E-state index in [1.165, 1.54) is 0 Å². The normalized spacial score (nSPS) is 24.1. The fourth-order valence-corrected chi connectivity index (χ4v) is 3.51. The molecule has 1 aromatic rings. The quantitative estimate of drug-likeness (QED) is 0.728. The smallest absolute Gasteiger partial charge is 0.253 e. The van der Waals surface area contributed by atoms with Gasteiger partial charge in [-0.3, -0.25) is 9.69 Å². The second-order valence-electron chi connectivity index (χ2n) is 5.35. The Bertz CT molecular complexity index is 489. The van der Waals surface area contributed by atoms with Gasteiger partial charge in [0.1, 0.15) is 0 Å². The number of ether oxygens (including phenoxy) is 1. The number of morpholine rings is 1. The van der Waals surface area contributed by atoms with E-state index >= 15 is 0 Å². The molecule has 2 aliphatic heterocycles. The van der Waals surface area contributed by atoms with Crippen LogP contribution in [0.25, 0.3) is 0 Å². The highest BCUT2D eigenvalue weighted by Crippen LogP contribution is 2.19. The van der Waals surface area contributed by atoms with E-state index in [9.17, 15) is 4.79 Å². The summed E-state index contributed by atoms with van der Waals surface area (Å²) < 4.78 is 6.50. The van der Waals surface area contributed by atoms with Gasteiger partial charge in [0, 0.05) is 41.4 Å². The van der Waals surface area contributed by atoms with Crippen LogP contribution < -0.4 is 0 Å². The molecule has 0 N–H and O–H groups in total. The van der Waals surface area contributed by atoms with Crippen molar-refractivity contribution >= 4 is 28.5 Å². The number of carbonyl (C=O) groups excluding carboxylic acids is 1. The minimum atomic E-state index is 0.166. The molecule has 0 aromatic heterocycles. The number of amides is 1. The number of halogens is 1. The van der Waals surface area contributed by atoms with Crippen molar-refractivity contribution in [2.24, 2.45) is 0 Å². The molecule has 2 aliphatic rings. The third kappa shape index (κ3) is 3.15. The molecular weight excluding hydrogens is 367 g/mol. The molecule has 1 atom stereocenters. The van der Waals surface area contributed by atoms with Gasteiger partial charge in [0.05, 0.1) is 13.2 Å². The lowest BCUT2D eigenvalue weighted by atomic mass is 10.2. The first-order valence-corrected chi connectivity index (χ1v) is 8.18. The monoisotopic (exact) mass is 386 g/mol. The second-order valence-corrected chi connectivity index (χ2v) is 6.60. The van der Waals surface area contributed by atoms with E-state index in [0.29, 0.717) is 6.04 Å². The summed E-state index contributed by atoms with van der Waals surface area (Å²) in [5.74, 6) is 0.166. The number of benzene rings is 1. The van der Waals surface area contributed by atoms with E-state index in [1.54, 1.807) is 0 Å². The van der Waals surface area contributed by atoms with Crippen molar-refractivity contribution in [2.45, 2.75) is 12.5 Å². The number of hydrogen-bond donors (Lipinski definition) is 0. The molecule has 5 heteroatoms. The summed E-state index contributed by atoms with van der Waals surface area (Å²) in [4.78, 5) is 17.0. The number of carbonyl (C=O) groups is 1. The predicted molar refractivity (Wildman–Crippen MR) is 85.9 cm³/mol. The van der Waals surface area contributed by atoms with Crippen LogP contribution in [0.15, 0.2) is 24.3 Å². The maximum atomic E-state index is 12.5. The van der Waals surface area contributed by atoms with E-state index in [2.05, 4.69) is 27.5 Å². The summed E-state index contributed by atoms with van der Waals surface area (Å²) in [7, 11) is 0. The molecule has 1 amide bonds. The molecule has 2 heterocycles. The van der Waals surface area contributed by atoms with Gasteiger partial charge < -0.3 is 9.64 Å². The van der Waals surface area contributed by atoms with Crippen molar-refractivity contribution in [3.8, 4) is 0 Å². The summed E-state index contributed by atoms with van der Waals surface area (Å²) in [6, 6.07) is 8.34. The van der Waals surface area contributed by atoms with E-state index in [0.717, 1.165) is 54.9 Å². The van der Waals surface area contributed by atoms with Crippen LogP contribution in [-0.4, -0.2) is 61.1 Å². The van der Waals surface area contributed by atoms with E-state index in [4.69, 9.17) is 4.74 Å². The molecule has 0 bridgehead atoms. The van der Waals surface area contributed by atoms with Gasteiger partial charge in [-0.25, -0.2) is 0 Å². The number of rotatable bonds is 2. The first-order valence-electron chi connectivity index (χ1n) is 7.11. The molecule has 1 unspecified atom stereocenters. The van der Waals surface area contributed by atoms with E-state index in [1.807, 2.05) is 29.2 Å². The van der Waals surface area contributed by atoms with Gasteiger partial charge in [0.15, 0.2) is 0 Å². The Morgan fingerprint density at radius 3 is 2.80 bits per heavy atom. The molecule has 1 aromatic carbocycles. The highest BCUT2D eigenvalue weighted by molar-refractivity contribution is 14.1. The number of nitrogens with zero attached hydrogens (tertiary/aromatic N) is 2. The topological polar surface area (TPSA) is 32.8 Å². The molecule has 20 heavy (non-hydrogen) atoms. The first-order chi connectivity index (χ1) is 9.74. The fourth-order valence-electron chi connectivity index (χ4n) is 2.97. The van der Waals surface area contributed by atoms with Gasteiger partial charge in [0.2, 0.25) is 0 Å². The summed E-state index contributed by atoms with van der Waals surface area (Å²) in [5, 5.41) is 0. The fraction of sp³-hybridized carbons (Fsp3) is 0.533. The minimum Gasteiger partial charge on any atom is -0.379 e. The summed E-state index contributed by atoms with van der Waals surface area (Å²) in [5.41, 5.74) is 0.805. The molecule has 0 radical (unpaired) electrons. The Morgan fingerprint density at radius 2 is 2.05 bits per heavy atom. The third-order valence-corrected chi connectivity index (χ3v) is 4.76. The van der Waals surface area contributed by atoms with Gasteiger partial charge in [-0.05, 0) is 47.2 Å². The van der Waals surface area contributed by atoms with Crippen LogP contribution in [0, 0.1) is 3.57 Å². The highest BCUT2D eigenvalue weighted by atomic mass is 127. The molecule has 2 saturated heterocycles. The lowest BCUT2D eigenvalue weighted by Crippen LogP contribution is -2.45. The van der Waals surface area contributed by atoms with Crippen LogP contribution in [0.5, 0.6) is 0 Å². The van der Waals surface area contributed by atoms with Gasteiger partial charge in [0.25, 0.3) is 5.91 Å². The predicted octanol–water partition coefficient (Wildman–Crippen LogP) is 1.84. The van der Waals surface area contributed by atoms with E-state index in [-0.39, 0.29) is 5.91 Å². The van der Waals surface area contributed by atoms with Crippen LogP contribution in [0.1, 0.15) is 16.8 Å². The lowest BCUT2D eigenvalue weighted by Gasteiger charge is -2.32. The second kappa shape index (κ2) is 6.41. The Balaban J connectivity index is 1.63. The SMILES string of the molecule is O=C(c1cccc(I)c1)N1CCC(N2CCOCC2)C1. The molecule has 4 nitrogen and oxygen atoms in total. The zero-order chi connectivity index (χ0) is 13.9. The molecule has 3 rings (SSSR count). The summed E-state index contributed by atoms with van der Waals surface area (Å²) >= 11 is 2.25. The molecule has 108 valence electrons. The number of likely N-dealkylation sites (tertiary alicyclic amines) is 1.